The van der Waals surface area contributed by atoms with Gasteiger partial charge in [0.1, 0.15) is 5.82 Å². The lowest BCUT2D eigenvalue weighted by Crippen LogP contribution is -2.49. The summed E-state index contributed by atoms with van der Waals surface area (Å²) in [6.45, 7) is 8.75. The second-order valence-electron chi connectivity index (χ2n) is 5.92. The third-order valence-corrected chi connectivity index (χ3v) is 4.77. The van der Waals surface area contributed by atoms with Crippen LogP contribution in [0, 0.1) is 5.82 Å². The molecule has 2 aliphatic rings. The van der Waals surface area contributed by atoms with Gasteiger partial charge in [-0.25, -0.2) is 4.39 Å². The van der Waals surface area contributed by atoms with E-state index in [0.29, 0.717) is 6.04 Å². The highest BCUT2D eigenvalue weighted by Crippen LogP contribution is 2.28. The van der Waals surface area contributed by atoms with Crippen LogP contribution in [0.4, 0.5) is 4.39 Å². The summed E-state index contributed by atoms with van der Waals surface area (Å²) in [7, 11) is 0. The van der Waals surface area contributed by atoms with Crippen molar-refractivity contribution in [3.63, 3.8) is 0 Å². The second-order valence-corrected chi connectivity index (χ2v) is 5.92. The number of likely N-dealkylation sites (tertiary alicyclic amines) is 1. The molecule has 1 aromatic rings. The molecular weight excluding hydrogens is 253 g/mol. The fourth-order valence-electron chi connectivity index (χ4n) is 3.48. The largest absolute Gasteiger partial charge is 0.314 e. The van der Waals surface area contributed by atoms with E-state index < -0.39 is 0 Å². The van der Waals surface area contributed by atoms with Gasteiger partial charge in [-0.15, -0.1) is 0 Å². The molecule has 0 aliphatic carbocycles. The van der Waals surface area contributed by atoms with Crippen LogP contribution in [0.2, 0.25) is 0 Å². The van der Waals surface area contributed by atoms with Gasteiger partial charge in [0, 0.05) is 56.9 Å². The van der Waals surface area contributed by atoms with E-state index in [2.05, 4.69) is 22.0 Å². The average Bonchev–Trinajstić information content (AvgIpc) is 2.98. The first-order valence-corrected chi connectivity index (χ1v) is 7.69. The van der Waals surface area contributed by atoms with Gasteiger partial charge in [0.2, 0.25) is 0 Å². The van der Waals surface area contributed by atoms with E-state index in [4.69, 9.17) is 0 Å². The van der Waals surface area contributed by atoms with Crippen LogP contribution in [0.5, 0.6) is 0 Å². The summed E-state index contributed by atoms with van der Waals surface area (Å²) in [5, 5.41) is 3.40. The fourth-order valence-corrected chi connectivity index (χ4v) is 3.48. The van der Waals surface area contributed by atoms with E-state index in [-0.39, 0.29) is 11.9 Å². The highest BCUT2D eigenvalue weighted by molar-refractivity contribution is 5.21. The normalized spacial score (nSPS) is 26.8. The van der Waals surface area contributed by atoms with Gasteiger partial charge in [0.15, 0.2) is 0 Å². The van der Waals surface area contributed by atoms with Gasteiger partial charge >= 0.3 is 0 Å². The van der Waals surface area contributed by atoms with Crippen LogP contribution in [-0.2, 0) is 0 Å². The zero-order valence-corrected chi connectivity index (χ0v) is 12.2. The van der Waals surface area contributed by atoms with Crippen molar-refractivity contribution in [3.8, 4) is 0 Å². The highest BCUT2D eigenvalue weighted by Gasteiger charge is 2.31. The lowest BCUT2D eigenvalue weighted by Gasteiger charge is -2.33. The molecule has 4 heteroatoms. The van der Waals surface area contributed by atoms with Crippen LogP contribution in [-0.4, -0.2) is 55.1 Å². The number of nitrogens with zero attached hydrogens (tertiary/aromatic N) is 2. The Bertz CT molecular complexity index is 445. The molecule has 3 nitrogen and oxygen atoms in total. The Morgan fingerprint density at radius 2 is 1.95 bits per heavy atom. The van der Waals surface area contributed by atoms with Crippen LogP contribution >= 0.6 is 0 Å². The zero-order chi connectivity index (χ0) is 13.9. The van der Waals surface area contributed by atoms with Crippen molar-refractivity contribution < 1.29 is 4.39 Å². The summed E-state index contributed by atoms with van der Waals surface area (Å²) < 4.78 is 13.9. The Balaban J connectivity index is 1.63. The summed E-state index contributed by atoms with van der Waals surface area (Å²) in [5.41, 5.74) is 0.827. The molecule has 0 radical (unpaired) electrons. The maximum absolute atomic E-state index is 13.9. The lowest BCUT2D eigenvalue weighted by atomic mass is 10.1. The molecule has 2 heterocycles. The van der Waals surface area contributed by atoms with E-state index in [1.165, 1.54) is 6.42 Å². The molecule has 2 fully saturated rings. The number of piperazine rings is 1. The standard InChI is InChI=1S/C16H24FN3/c1-13(15-4-2-3-5-16(15)17)20-9-6-14(12-20)19-10-7-18-8-11-19/h2-5,13-14,18H,6-12H2,1H3. The van der Waals surface area contributed by atoms with Gasteiger partial charge in [-0.05, 0) is 19.4 Å². The SMILES string of the molecule is CC(c1ccccc1F)N1CCC(N2CCNCC2)C1. The molecule has 3 rings (SSSR count). The Labute approximate surface area is 120 Å². The minimum atomic E-state index is -0.0781. The van der Waals surface area contributed by atoms with Gasteiger partial charge in [-0.1, -0.05) is 18.2 Å². The van der Waals surface area contributed by atoms with Crippen molar-refractivity contribution in [2.45, 2.75) is 25.4 Å². The van der Waals surface area contributed by atoms with Gasteiger partial charge in [0.25, 0.3) is 0 Å². The molecule has 0 amide bonds. The van der Waals surface area contributed by atoms with E-state index in [0.717, 1.165) is 44.8 Å². The molecule has 1 N–H and O–H groups in total. The van der Waals surface area contributed by atoms with E-state index >= 15 is 0 Å². The van der Waals surface area contributed by atoms with Gasteiger partial charge in [-0.2, -0.15) is 0 Å². The minimum Gasteiger partial charge on any atom is -0.314 e. The molecule has 110 valence electrons. The average molecular weight is 277 g/mol. The van der Waals surface area contributed by atoms with Crippen LogP contribution < -0.4 is 5.32 Å². The topological polar surface area (TPSA) is 18.5 Å². The molecule has 0 aromatic heterocycles. The number of hydrogen-bond acceptors (Lipinski definition) is 3. The van der Waals surface area contributed by atoms with Crippen molar-refractivity contribution in [1.29, 1.82) is 0 Å². The predicted molar refractivity (Wildman–Crippen MR) is 79.2 cm³/mol. The van der Waals surface area contributed by atoms with Gasteiger partial charge in [0.05, 0.1) is 0 Å². The lowest BCUT2D eigenvalue weighted by molar-refractivity contribution is 0.162. The van der Waals surface area contributed by atoms with Crippen molar-refractivity contribution >= 4 is 0 Å². The molecule has 1 aromatic carbocycles. The van der Waals surface area contributed by atoms with Crippen LogP contribution in [0.15, 0.2) is 24.3 Å². The number of halogens is 1. The number of benzene rings is 1. The van der Waals surface area contributed by atoms with E-state index in [1.807, 2.05) is 12.1 Å². The van der Waals surface area contributed by atoms with E-state index in [1.54, 1.807) is 12.1 Å². The first-order chi connectivity index (χ1) is 9.75. The quantitative estimate of drug-likeness (QED) is 0.910. The molecule has 0 bridgehead atoms. The van der Waals surface area contributed by atoms with Crippen LogP contribution in [0.3, 0.4) is 0 Å². The molecule has 2 atom stereocenters. The second kappa shape index (κ2) is 6.20. The maximum atomic E-state index is 13.9. The summed E-state index contributed by atoms with van der Waals surface area (Å²) in [6.07, 6.45) is 1.21. The van der Waals surface area contributed by atoms with Crippen molar-refractivity contribution in [3.05, 3.63) is 35.6 Å². The Hall–Kier alpha value is -0.970. The monoisotopic (exact) mass is 277 g/mol. The molecule has 20 heavy (non-hydrogen) atoms. The summed E-state index contributed by atoms with van der Waals surface area (Å²) in [4.78, 5) is 5.01. The Kier molecular flexibility index (Phi) is 4.34. The zero-order valence-electron chi connectivity index (χ0n) is 12.2. The van der Waals surface area contributed by atoms with Crippen LogP contribution in [0.1, 0.15) is 24.9 Å². The van der Waals surface area contributed by atoms with Crippen molar-refractivity contribution in [2.75, 3.05) is 39.3 Å². The summed E-state index contributed by atoms with van der Waals surface area (Å²) in [6, 6.07) is 7.99. The molecular formula is C16H24FN3. The van der Waals surface area contributed by atoms with Gasteiger partial charge < -0.3 is 5.32 Å². The third-order valence-electron chi connectivity index (χ3n) is 4.77. The summed E-state index contributed by atoms with van der Waals surface area (Å²) in [5.74, 6) is -0.0781. The predicted octanol–water partition coefficient (Wildman–Crippen LogP) is 1.87. The molecule has 2 unspecified atom stereocenters. The maximum Gasteiger partial charge on any atom is 0.127 e. The molecule has 0 spiro atoms. The number of nitrogens with one attached hydrogen (secondary N) is 1. The molecule has 2 aliphatic heterocycles. The first kappa shape index (κ1) is 14.0. The minimum absolute atomic E-state index is 0.0781. The van der Waals surface area contributed by atoms with Crippen LogP contribution in [0.25, 0.3) is 0 Å². The van der Waals surface area contributed by atoms with Crippen molar-refractivity contribution in [1.82, 2.24) is 15.1 Å². The first-order valence-electron chi connectivity index (χ1n) is 7.69. The third kappa shape index (κ3) is 2.87. The number of hydrogen-bond donors (Lipinski definition) is 1. The van der Waals surface area contributed by atoms with E-state index in [9.17, 15) is 4.39 Å². The Morgan fingerprint density at radius 1 is 1.20 bits per heavy atom. The smallest absolute Gasteiger partial charge is 0.127 e. The highest BCUT2D eigenvalue weighted by atomic mass is 19.1. The van der Waals surface area contributed by atoms with Crippen molar-refractivity contribution in [2.24, 2.45) is 0 Å². The fraction of sp³-hybridized carbons (Fsp3) is 0.625. The molecule has 2 saturated heterocycles. The molecule has 0 saturated carbocycles. The Morgan fingerprint density at radius 3 is 2.70 bits per heavy atom. The van der Waals surface area contributed by atoms with Gasteiger partial charge in [-0.3, -0.25) is 9.80 Å². The summed E-state index contributed by atoms with van der Waals surface area (Å²) >= 11 is 0. The number of rotatable bonds is 3.